The lowest BCUT2D eigenvalue weighted by atomic mass is 9.97. The Hall–Kier alpha value is -0.750. The Morgan fingerprint density at radius 2 is 2.19 bits per heavy atom. The second-order valence-electron chi connectivity index (χ2n) is 5.99. The van der Waals surface area contributed by atoms with Crippen molar-refractivity contribution in [3.8, 4) is 0 Å². The number of nitrogens with one attached hydrogen (secondary N) is 1. The third-order valence-electron chi connectivity index (χ3n) is 3.65. The van der Waals surface area contributed by atoms with Crippen LogP contribution < -0.4 is 11.1 Å². The molecule has 0 aromatic rings. The molecule has 1 unspecified atom stereocenters. The van der Waals surface area contributed by atoms with Gasteiger partial charge in [0.2, 0.25) is 11.8 Å². The molecule has 0 spiro atoms. The number of carbonyl (C=O) groups excluding carboxylic acids is 2. The molecule has 0 aliphatic carbocycles. The van der Waals surface area contributed by atoms with Crippen molar-refractivity contribution < 1.29 is 9.59 Å². The number of hydrogen-bond acceptors (Lipinski definition) is 4. The van der Waals surface area contributed by atoms with E-state index in [0.29, 0.717) is 31.3 Å². The summed E-state index contributed by atoms with van der Waals surface area (Å²) in [5.41, 5.74) is 5.39. The topological polar surface area (TPSA) is 75.4 Å². The van der Waals surface area contributed by atoms with Crippen molar-refractivity contribution in [2.45, 2.75) is 33.1 Å². The summed E-state index contributed by atoms with van der Waals surface area (Å²) < 4.78 is 0. The lowest BCUT2D eigenvalue weighted by Crippen LogP contribution is -2.46. The number of rotatable bonds is 8. The van der Waals surface area contributed by atoms with Crippen LogP contribution in [0.2, 0.25) is 0 Å². The summed E-state index contributed by atoms with van der Waals surface area (Å²) in [4.78, 5) is 26.0. The Balaban J connectivity index is 2.30. The number of hydrogen-bond donors (Lipinski definition) is 2. The normalized spacial score (nSPS) is 18.9. The minimum absolute atomic E-state index is 0.0328. The molecule has 6 heteroatoms. The molecule has 2 amide bonds. The van der Waals surface area contributed by atoms with Gasteiger partial charge < -0.3 is 16.0 Å². The van der Waals surface area contributed by atoms with Gasteiger partial charge in [0.1, 0.15) is 0 Å². The SMILES string of the molecule is CC(C)CCSCC(=O)N1CCCC(C(=O)NCCN)C1. The second kappa shape index (κ2) is 10.1. The van der Waals surface area contributed by atoms with Crippen LogP contribution in [0.3, 0.4) is 0 Å². The van der Waals surface area contributed by atoms with E-state index in [-0.39, 0.29) is 17.7 Å². The van der Waals surface area contributed by atoms with E-state index in [9.17, 15) is 9.59 Å². The number of piperidine rings is 1. The zero-order chi connectivity index (χ0) is 15.7. The van der Waals surface area contributed by atoms with Crippen molar-refractivity contribution in [1.29, 1.82) is 0 Å². The fraction of sp³-hybridized carbons (Fsp3) is 0.867. The van der Waals surface area contributed by atoms with E-state index in [0.717, 1.165) is 31.6 Å². The number of likely N-dealkylation sites (tertiary alicyclic amines) is 1. The van der Waals surface area contributed by atoms with Crippen molar-refractivity contribution in [1.82, 2.24) is 10.2 Å². The highest BCUT2D eigenvalue weighted by Crippen LogP contribution is 2.18. The first-order valence-corrected chi connectivity index (χ1v) is 9.03. The molecule has 21 heavy (non-hydrogen) atoms. The Kier molecular flexibility index (Phi) is 8.76. The third-order valence-corrected chi connectivity index (χ3v) is 4.63. The summed E-state index contributed by atoms with van der Waals surface area (Å²) in [6.07, 6.45) is 2.91. The Labute approximate surface area is 132 Å². The van der Waals surface area contributed by atoms with Gasteiger partial charge in [-0.3, -0.25) is 9.59 Å². The second-order valence-corrected chi connectivity index (χ2v) is 7.10. The van der Waals surface area contributed by atoms with Gasteiger partial charge in [-0.05, 0) is 30.9 Å². The molecule has 0 saturated carbocycles. The Morgan fingerprint density at radius 3 is 2.86 bits per heavy atom. The van der Waals surface area contributed by atoms with E-state index in [1.165, 1.54) is 0 Å². The standard InChI is InChI=1S/C15H29N3O2S/c1-12(2)5-9-21-11-14(19)18-8-3-4-13(10-18)15(20)17-7-6-16/h12-13H,3-11,16H2,1-2H3,(H,17,20). The summed E-state index contributed by atoms with van der Waals surface area (Å²) >= 11 is 1.70. The van der Waals surface area contributed by atoms with E-state index >= 15 is 0 Å². The van der Waals surface area contributed by atoms with Crippen LogP contribution in [0.15, 0.2) is 0 Å². The van der Waals surface area contributed by atoms with Crippen LogP contribution in [0, 0.1) is 11.8 Å². The summed E-state index contributed by atoms with van der Waals surface area (Å²) in [6, 6.07) is 0. The summed E-state index contributed by atoms with van der Waals surface area (Å²) in [5.74, 6) is 2.36. The van der Waals surface area contributed by atoms with Gasteiger partial charge in [0.05, 0.1) is 11.7 Å². The molecule has 0 bridgehead atoms. The van der Waals surface area contributed by atoms with Crippen molar-refractivity contribution in [3.05, 3.63) is 0 Å². The third kappa shape index (κ3) is 7.18. The molecule has 122 valence electrons. The van der Waals surface area contributed by atoms with E-state index in [1.54, 1.807) is 11.8 Å². The number of nitrogens with two attached hydrogens (primary N) is 1. The molecule has 1 rings (SSSR count). The summed E-state index contributed by atoms with van der Waals surface area (Å²) in [6.45, 7) is 6.68. The molecule has 0 aromatic heterocycles. The van der Waals surface area contributed by atoms with Crippen LogP contribution in [0.5, 0.6) is 0 Å². The molecule has 3 N–H and O–H groups in total. The molecule has 0 radical (unpaired) electrons. The van der Waals surface area contributed by atoms with Gasteiger partial charge in [-0.15, -0.1) is 0 Å². The Bertz CT molecular complexity index is 337. The minimum Gasteiger partial charge on any atom is -0.355 e. The maximum atomic E-state index is 12.2. The fourth-order valence-electron chi connectivity index (χ4n) is 2.33. The average molecular weight is 315 g/mol. The average Bonchev–Trinajstić information content (AvgIpc) is 2.48. The molecule has 1 aliphatic rings. The lowest BCUT2D eigenvalue weighted by Gasteiger charge is -2.32. The van der Waals surface area contributed by atoms with Gasteiger partial charge in [-0.1, -0.05) is 13.8 Å². The van der Waals surface area contributed by atoms with Crippen LogP contribution in [0.25, 0.3) is 0 Å². The minimum atomic E-state index is -0.0742. The van der Waals surface area contributed by atoms with E-state index in [1.807, 2.05) is 4.90 Å². The maximum absolute atomic E-state index is 12.2. The molecule has 5 nitrogen and oxygen atoms in total. The smallest absolute Gasteiger partial charge is 0.232 e. The largest absolute Gasteiger partial charge is 0.355 e. The van der Waals surface area contributed by atoms with Gasteiger partial charge >= 0.3 is 0 Å². The number of carbonyl (C=O) groups is 2. The van der Waals surface area contributed by atoms with E-state index in [4.69, 9.17) is 5.73 Å². The van der Waals surface area contributed by atoms with Crippen LogP contribution in [0.4, 0.5) is 0 Å². The van der Waals surface area contributed by atoms with Gasteiger partial charge in [0.15, 0.2) is 0 Å². The molecule has 1 fully saturated rings. The predicted molar refractivity (Wildman–Crippen MR) is 88.1 cm³/mol. The molecule has 1 aliphatic heterocycles. The highest BCUT2D eigenvalue weighted by molar-refractivity contribution is 7.99. The van der Waals surface area contributed by atoms with Gasteiger partial charge in [0, 0.05) is 26.2 Å². The molecular formula is C15H29N3O2S. The maximum Gasteiger partial charge on any atom is 0.232 e. The summed E-state index contributed by atoms with van der Waals surface area (Å²) in [7, 11) is 0. The lowest BCUT2D eigenvalue weighted by molar-refractivity contribution is -0.133. The first kappa shape index (κ1) is 18.3. The van der Waals surface area contributed by atoms with Crippen molar-refractivity contribution in [2.24, 2.45) is 17.6 Å². The monoisotopic (exact) mass is 315 g/mol. The van der Waals surface area contributed by atoms with Crippen molar-refractivity contribution in [2.75, 3.05) is 37.7 Å². The summed E-state index contributed by atoms with van der Waals surface area (Å²) in [5, 5.41) is 2.82. The number of amides is 2. The van der Waals surface area contributed by atoms with Crippen LogP contribution in [-0.2, 0) is 9.59 Å². The van der Waals surface area contributed by atoms with Gasteiger partial charge in [-0.2, -0.15) is 11.8 Å². The number of nitrogens with zero attached hydrogens (tertiary/aromatic N) is 1. The van der Waals surface area contributed by atoms with Gasteiger partial charge in [-0.25, -0.2) is 0 Å². The zero-order valence-corrected chi connectivity index (χ0v) is 14.1. The molecule has 0 aromatic carbocycles. The molecule has 1 saturated heterocycles. The highest BCUT2D eigenvalue weighted by atomic mass is 32.2. The number of thioether (sulfide) groups is 1. The highest BCUT2D eigenvalue weighted by Gasteiger charge is 2.27. The Morgan fingerprint density at radius 1 is 1.43 bits per heavy atom. The quantitative estimate of drug-likeness (QED) is 0.657. The van der Waals surface area contributed by atoms with Crippen molar-refractivity contribution in [3.63, 3.8) is 0 Å². The van der Waals surface area contributed by atoms with Crippen LogP contribution in [-0.4, -0.2) is 54.4 Å². The van der Waals surface area contributed by atoms with E-state index < -0.39 is 0 Å². The predicted octanol–water partition coefficient (Wildman–Crippen LogP) is 1.08. The first-order valence-electron chi connectivity index (χ1n) is 7.88. The molecular weight excluding hydrogens is 286 g/mol. The van der Waals surface area contributed by atoms with Crippen molar-refractivity contribution >= 4 is 23.6 Å². The zero-order valence-electron chi connectivity index (χ0n) is 13.3. The van der Waals surface area contributed by atoms with Crippen LogP contribution >= 0.6 is 11.8 Å². The van der Waals surface area contributed by atoms with Gasteiger partial charge in [0.25, 0.3) is 0 Å². The first-order chi connectivity index (χ1) is 10.0. The van der Waals surface area contributed by atoms with E-state index in [2.05, 4.69) is 19.2 Å². The van der Waals surface area contributed by atoms with Crippen LogP contribution in [0.1, 0.15) is 33.1 Å². The fourth-order valence-corrected chi connectivity index (χ4v) is 3.47. The molecule has 1 atom stereocenters. The molecule has 1 heterocycles.